The van der Waals surface area contributed by atoms with Gasteiger partial charge in [-0.05, 0) is 32.9 Å². The number of rotatable bonds is 3. The van der Waals surface area contributed by atoms with E-state index in [4.69, 9.17) is 0 Å². The molecule has 122 valence electrons. The molecule has 1 aliphatic rings. The molecule has 1 aromatic rings. The van der Waals surface area contributed by atoms with Crippen molar-refractivity contribution in [2.24, 2.45) is 0 Å². The maximum Gasteiger partial charge on any atom is 0.422 e. The molecule has 7 heteroatoms. The van der Waals surface area contributed by atoms with Gasteiger partial charge in [0, 0.05) is 24.3 Å². The lowest BCUT2D eigenvalue weighted by molar-refractivity contribution is -0.187. The highest BCUT2D eigenvalue weighted by Crippen LogP contribution is 2.29. The van der Waals surface area contributed by atoms with Crippen LogP contribution in [0.15, 0.2) is 30.3 Å². The Morgan fingerprint density at radius 2 is 1.68 bits per heavy atom. The topological polar surface area (TPSA) is 35.6 Å². The predicted molar refractivity (Wildman–Crippen MR) is 78.6 cm³/mol. The number of carbonyl (C=O) groups excluding carboxylic acids is 1. The van der Waals surface area contributed by atoms with E-state index in [2.05, 4.69) is 5.32 Å². The van der Waals surface area contributed by atoms with E-state index in [-0.39, 0.29) is 13.1 Å². The largest absolute Gasteiger partial charge is 0.422 e. The van der Waals surface area contributed by atoms with E-state index in [1.54, 1.807) is 51.1 Å². The summed E-state index contributed by atoms with van der Waals surface area (Å²) in [5.74, 6) is 0. The van der Waals surface area contributed by atoms with Crippen molar-refractivity contribution in [1.82, 2.24) is 10.2 Å². The number of hydrogen-bond acceptors (Lipinski definition) is 2. The second-order valence-electron chi connectivity index (χ2n) is 6.30. The van der Waals surface area contributed by atoms with Crippen LogP contribution in [0.4, 0.5) is 23.7 Å². The van der Waals surface area contributed by atoms with E-state index < -0.39 is 23.9 Å². The molecule has 0 spiro atoms. The molecule has 22 heavy (non-hydrogen) atoms. The number of carbonyl (C=O) groups is 1. The molecule has 1 aromatic carbocycles. The van der Waals surface area contributed by atoms with Crippen molar-refractivity contribution in [3.8, 4) is 0 Å². The number of hydrogen-bond donors (Lipinski definition) is 1. The minimum absolute atomic E-state index is 0.0288. The molecule has 1 heterocycles. The molecule has 0 aliphatic carbocycles. The molecule has 4 nitrogen and oxygen atoms in total. The average molecular weight is 315 g/mol. The number of nitrogens with zero attached hydrogens (tertiary/aromatic N) is 2. The van der Waals surface area contributed by atoms with Gasteiger partial charge in [-0.2, -0.15) is 13.2 Å². The molecule has 1 atom stereocenters. The van der Waals surface area contributed by atoms with Gasteiger partial charge < -0.3 is 0 Å². The summed E-state index contributed by atoms with van der Waals surface area (Å²) in [6, 6.07) is 8.08. The molecule has 0 bridgehead atoms. The third kappa shape index (κ3) is 3.71. The van der Waals surface area contributed by atoms with Crippen molar-refractivity contribution < 1.29 is 18.0 Å². The van der Waals surface area contributed by atoms with E-state index in [9.17, 15) is 18.0 Å². The second kappa shape index (κ2) is 5.79. The van der Waals surface area contributed by atoms with Crippen LogP contribution in [0.5, 0.6) is 0 Å². The average Bonchev–Trinajstić information content (AvgIpc) is 2.76. The Bertz CT molecular complexity index is 525. The molecule has 0 radical (unpaired) electrons. The minimum atomic E-state index is -4.53. The third-order valence-electron chi connectivity index (χ3n) is 3.30. The highest BCUT2D eigenvalue weighted by Gasteiger charge is 2.49. The number of alkyl halides is 3. The number of urea groups is 1. The lowest BCUT2D eigenvalue weighted by atomic mass is 10.1. The third-order valence-corrected chi connectivity index (χ3v) is 3.30. The number of anilines is 1. The number of amides is 2. The van der Waals surface area contributed by atoms with Crippen LogP contribution >= 0.6 is 0 Å². The van der Waals surface area contributed by atoms with Crippen LogP contribution in [-0.2, 0) is 0 Å². The first-order chi connectivity index (χ1) is 10.1. The van der Waals surface area contributed by atoms with Crippen LogP contribution in [0.2, 0.25) is 0 Å². The van der Waals surface area contributed by atoms with Gasteiger partial charge in [-0.25, -0.2) is 4.79 Å². The van der Waals surface area contributed by atoms with E-state index >= 15 is 0 Å². The summed E-state index contributed by atoms with van der Waals surface area (Å²) in [7, 11) is 0. The maximum atomic E-state index is 13.3. The van der Waals surface area contributed by atoms with E-state index in [0.717, 1.165) is 4.90 Å². The fourth-order valence-electron chi connectivity index (χ4n) is 2.39. The zero-order valence-electron chi connectivity index (χ0n) is 12.8. The zero-order chi connectivity index (χ0) is 16.5. The SMILES string of the molecule is CC(C)(C)NC(N1CCN(c2ccccc2)C1=O)C(F)(F)F. The fourth-order valence-corrected chi connectivity index (χ4v) is 2.39. The summed E-state index contributed by atoms with van der Waals surface area (Å²) in [6.07, 6.45) is -6.52. The standard InChI is InChI=1S/C15H20F3N3O/c1-14(2,3)19-12(15(16,17)18)21-10-9-20(13(21)22)11-7-5-4-6-8-11/h4-8,12,19H,9-10H2,1-3H3. The number of para-hydroxylation sites is 1. The maximum absolute atomic E-state index is 13.3. The predicted octanol–water partition coefficient (Wildman–Crippen LogP) is 3.21. The Balaban J connectivity index is 2.22. The van der Waals surface area contributed by atoms with Gasteiger partial charge in [-0.3, -0.25) is 15.1 Å². The fraction of sp³-hybridized carbons (Fsp3) is 0.533. The normalized spacial score (nSPS) is 18.0. The van der Waals surface area contributed by atoms with Gasteiger partial charge >= 0.3 is 12.2 Å². The lowest BCUT2D eigenvalue weighted by Crippen LogP contribution is -2.60. The van der Waals surface area contributed by atoms with Gasteiger partial charge in [0.2, 0.25) is 0 Å². The van der Waals surface area contributed by atoms with E-state index in [1.807, 2.05) is 0 Å². The quantitative estimate of drug-likeness (QED) is 0.930. The van der Waals surface area contributed by atoms with Crippen molar-refractivity contribution in [2.45, 2.75) is 38.7 Å². The smallest absolute Gasteiger partial charge is 0.298 e. The summed E-state index contributed by atoms with van der Waals surface area (Å²) in [5, 5.41) is 2.49. The summed E-state index contributed by atoms with van der Waals surface area (Å²) >= 11 is 0. The molecule has 1 aliphatic heterocycles. The molecular weight excluding hydrogens is 295 g/mol. The first kappa shape index (κ1) is 16.6. The van der Waals surface area contributed by atoms with Crippen molar-refractivity contribution in [1.29, 1.82) is 0 Å². The van der Waals surface area contributed by atoms with Gasteiger partial charge in [0.15, 0.2) is 6.17 Å². The molecule has 2 rings (SSSR count). The zero-order valence-corrected chi connectivity index (χ0v) is 12.8. The van der Waals surface area contributed by atoms with Crippen LogP contribution in [0.3, 0.4) is 0 Å². The van der Waals surface area contributed by atoms with Gasteiger partial charge in [0.05, 0.1) is 0 Å². The highest BCUT2D eigenvalue weighted by atomic mass is 19.4. The van der Waals surface area contributed by atoms with Crippen LogP contribution in [0, 0.1) is 0 Å². The summed E-state index contributed by atoms with van der Waals surface area (Å²) in [6.45, 7) is 5.19. The second-order valence-corrected chi connectivity index (χ2v) is 6.30. The van der Waals surface area contributed by atoms with Crippen LogP contribution in [0.1, 0.15) is 20.8 Å². The summed E-state index contributed by atoms with van der Waals surface area (Å²) in [5.41, 5.74) is -0.160. The Kier molecular flexibility index (Phi) is 4.37. The van der Waals surface area contributed by atoms with Crippen LogP contribution in [0.25, 0.3) is 0 Å². The molecule has 1 fully saturated rings. The molecule has 1 N–H and O–H groups in total. The first-order valence-corrected chi connectivity index (χ1v) is 7.07. The van der Waals surface area contributed by atoms with E-state index in [1.165, 1.54) is 4.90 Å². The molecule has 1 unspecified atom stereocenters. The van der Waals surface area contributed by atoms with E-state index in [0.29, 0.717) is 5.69 Å². The minimum Gasteiger partial charge on any atom is -0.298 e. The van der Waals surface area contributed by atoms with Crippen molar-refractivity contribution in [3.05, 3.63) is 30.3 Å². The van der Waals surface area contributed by atoms with Gasteiger partial charge in [0.1, 0.15) is 0 Å². The molecule has 2 amide bonds. The summed E-state index contributed by atoms with van der Waals surface area (Å²) < 4.78 is 40.0. The number of benzene rings is 1. The Hall–Kier alpha value is -1.76. The summed E-state index contributed by atoms with van der Waals surface area (Å²) in [4.78, 5) is 14.6. The number of halogens is 3. The van der Waals surface area contributed by atoms with Gasteiger partial charge in [-0.1, -0.05) is 18.2 Å². The molecule has 1 saturated heterocycles. The van der Waals surface area contributed by atoms with Gasteiger partial charge in [0.25, 0.3) is 0 Å². The lowest BCUT2D eigenvalue weighted by Gasteiger charge is -2.35. The van der Waals surface area contributed by atoms with Crippen molar-refractivity contribution >= 4 is 11.7 Å². The Morgan fingerprint density at radius 3 is 2.18 bits per heavy atom. The monoisotopic (exact) mass is 315 g/mol. The molecule has 0 aromatic heterocycles. The Morgan fingerprint density at radius 1 is 1.09 bits per heavy atom. The first-order valence-electron chi connectivity index (χ1n) is 7.07. The van der Waals surface area contributed by atoms with Crippen LogP contribution < -0.4 is 10.2 Å². The molecular formula is C15H20F3N3O. The van der Waals surface area contributed by atoms with Crippen molar-refractivity contribution in [2.75, 3.05) is 18.0 Å². The number of nitrogens with one attached hydrogen (secondary N) is 1. The van der Waals surface area contributed by atoms with Crippen molar-refractivity contribution in [3.63, 3.8) is 0 Å². The highest BCUT2D eigenvalue weighted by molar-refractivity contribution is 5.94. The van der Waals surface area contributed by atoms with Crippen LogP contribution in [-0.4, -0.2) is 41.9 Å². The Labute approximate surface area is 127 Å². The van der Waals surface area contributed by atoms with Gasteiger partial charge in [-0.15, -0.1) is 0 Å². The molecule has 0 saturated carbocycles.